The Kier molecular flexibility index (Phi) is 6.25. The molecule has 140 valence electrons. The second-order valence-corrected chi connectivity index (χ2v) is 6.17. The van der Waals surface area contributed by atoms with Crippen molar-refractivity contribution in [3.05, 3.63) is 84.7 Å². The molecule has 0 unspecified atom stereocenters. The van der Waals surface area contributed by atoms with Crippen LogP contribution < -0.4 is 10.7 Å². The molecule has 0 saturated carbocycles. The molecular formula is C22H20N4O2. The van der Waals surface area contributed by atoms with Crippen molar-refractivity contribution in [3.63, 3.8) is 0 Å². The van der Waals surface area contributed by atoms with Gasteiger partial charge in [-0.25, -0.2) is 5.43 Å². The van der Waals surface area contributed by atoms with E-state index in [4.69, 9.17) is 0 Å². The minimum atomic E-state index is -0.373. The molecule has 6 heteroatoms. The molecule has 0 radical (unpaired) electrons. The normalized spacial score (nSPS) is 11.0. The van der Waals surface area contributed by atoms with Gasteiger partial charge in [0.15, 0.2) is 0 Å². The van der Waals surface area contributed by atoms with Gasteiger partial charge in [0.05, 0.1) is 12.0 Å². The van der Waals surface area contributed by atoms with Crippen LogP contribution in [-0.4, -0.2) is 22.5 Å². The number of aromatic nitrogens is 1. The summed E-state index contributed by atoms with van der Waals surface area (Å²) >= 11 is 0. The molecular weight excluding hydrogens is 352 g/mol. The largest absolute Gasteiger partial charge is 0.325 e. The number of para-hydroxylation sites is 1. The highest BCUT2D eigenvalue weighted by atomic mass is 16.2. The maximum absolute atomic E-state index is 12.4. The molecule has 1 heterocycles. The minimum absolute atomic E-state index is 0.0659. The van der Waals surface area contributed by atoms with Crippen LogP contribution in [0.3, 0.4) is 0 Å². The van der Waals surface area contributed by atoms with Gasteiger partial charge in [-0.3, -0.25) is 14.6 Å². The third-order valence-corrected chi connectivity index (χ3v) is 3.97. The fourth-order valence-electron chi connectivity index (χ4n) is 2.64. The Hall–Kier alpha value is -3.80. The summed E-state index contributed by atoms with van der Waals surface area (Å²) in [5.41, 5.74) is 6.02. The molecule has 0 spiro atoms. The molecule has 2 amide bonds. The number of nitrogens with zero attached hydrogens (tertiary/aromatic N) is 2. The van der Waals surface area contributed by atoms with E-state index in [1.165, 1.54) is 6.20 Å². The lowest BCUT2D eigenvalue weighted by Gasteiger charge is -2.11. The number of anilines is 1. The van der Waals surface area contributed by atoms with Crippen LogP contribution in [0.2, 0.25) is 0 Å². The van der Waals surface area contributed by atoms with Gasteiger partial charge in [0.1, 0.15) is 0 Å². The maximum atomic E-state index is 12.4. The number of benzene rings is 2. The smallest absolute Gasteiger partial charge is 0.272 e. The van der Waals surface area contributed by atoms with E-state index in [0.717, 1.165) is 16.8 Å². The summed E-state index contributed by atoms with van der Waals surface area (Å²) in [7, 11) is 0. The third kappa shape index (κ3) is 5.11. The van der Waals surface area contributed by atoms with E-state index in [-0.39, 0.29) is 18.2 Å². The first kappa shape index (κ1) is 19.0. The topological polar surface area (TPSA) is 83.5 Å². The summed E-state index contributed by atoms with van der Waals surface area (Å²) in [5, 5.41) is 6.91. The SMILES string of the molecule is C/C(CC(=O)Nc1ccccc1-c1ccccc1)=N\NC(=O)c1cccnc1. The Labute approximate surface area is 163 Å². The summed E-state index contributed by atoms with van der Waals surface area (Å²) in [6, 6.07) is 20.8. The summed E-state index contributed by atoms with van der Waals surface area (Å²) < 4.78 is 0. The van der Waals surface area contributed by atoms with Gasteiger partial charge in [0, 0.05) is 29.4 Å². The molecule has 28 heavy (non-hydrogen) atoms. The number of amides is 2. The first-order valence-electron chi connectivity index (χ1n) is 8.81. The van der Waals surface area contributed by atoms with Crippen molar-refractivity contribution < 1.29 is 9.59 Å². The average molecular weight is 372 g/mol. The Morgan fingerprint density at radius 3 is 2.46 bits per heavy atom. The van der Waals surface area contributed by atoms with Crippen molar-refractivity contribution in [2.24, 2.45) is 5.10 Å². The zero-order valence-corrected chi connectivity index (χ0v) is 15.4. The van der Waals surface area contributed by atoms with Crippen LogP contribution in [0, 0.1) is 0 Å². The molecule has 0 aliphatic carbocycles. The van der Waals surface area contributed by atoms with E-state index in [1.807, 2.05) is 54.6 Å². The molecule has 1 aromatic heterocycles. The molecule has 0 aliphatic rings. The Bertz CT molecular complexity index is 986. The molecule has 0 atom stereocenters. The van der Waals surface area contributed by atoms with E-state index < -0.39 is 0 Å². The standard InChI is InChI=1S/C22H20N4O2/c1-16(25-26-22(28)18-10-7-13-23-15-18)14-21(27)24-20-12-6-5-11-19(20)17-8-3-2-4-9-17/h2-13,15H,14H2,1H3,(H,24,27)(H,26,28)/b25-16+. The predicted molar refractivity (Wildman–Crippen MR) is 110 cm³/mol. The Morgan fingerprint density at radius 1 is 0.964 bits per heavy atom. The van der Waals surface area contributed by atoms with E-state index in [2.05, 4.69) is 20.8 Å². The number of hydrogen-bond donors (Lipinski definition) is 2. The second-order valence-electron chi connectivity index (χ2n) is 6.17. The quantitative estimate of drug-likeness (QED) is 0.509. The number of carbonyl (C=O) groups is 2. The minimum Gasteiger partial charge on any atom is -0.325 e. The van der Waals surface area contributed by atoms with Crippen LogP contribution >= 0.6 is 0 Å². The molecule has 0 aliphatic heterocycles. The lowest BCUT2D eigenvalue weighted by Crippen LogP contribution is -2.21. The van der Waals surface area contributed by atoms with Crippen LogP contribution in [0.25, 0.3) is 11.1 Å². The summed E-state index contributed by atoms with van der Waals surface area (Å²) in [6.07, 6.45) is 3.10. The van der Waals surface area contributed by atoms with Crippen molar-refractivity contribution in [3.8, 4) is 11.1 Å². The van der Waals surface area contributed by atoms with E-state index in [9.17, 15) is 9.59 Å². The summed E-state index contributed by atoms with van der Waals surface area (Å²) in [5.74, 6) is -0.581. The molecule has 3 rings (SSSR count). The fraction of sp³-hybridized carbons (Fsp3) is 0.0909. The van der Waals surface area contributed by atoms with Crippen LogP contribution in [0.4, 0.5) is 5.69 Å². The van der Waals surface area contributed by atoms with Crippen LogP contribution in [0.5, 0.6) is 0 Å². The maximum Gasteiger partial charge on any atom is 0.272 e. The van der Waals surface area contributed by atoms with Gasteiger partial charge in [0.2, 0.25) is 5.91 Å². The number of nitrogens with one attached hydrogen (secondary N) is 2. The highest BCUT2D eigenvalue weighted by Gasteiger charge is 2.10. The van der Waals surface area contributed by atoms with Gasteiger partial charge in [-0.05, 0) is 30.7 Å². The van der Waals surface area contributed by atoms with Gasteiger partial charge in [-0.2, -0.15) is 5.10 Å². The van der Waals surface area contributed by atoms with Gasteiger partial charge in [0.25, 0.3) is 5.91 Å². The first-order valence-corrected chi connectivity index (χ1v) is 8.81. The summed E-state index contributed by atoms with van der Waals surface area (Å²) in [6.45, 7) is 1.69. The summed E-state index contributed by atoms with van der Waals surface area (Å²) in [4.78, 5) is 28.3. The zero-order valence-electron chi connectivity index (χ0n) is 15.4. The molecule has 2 aromatic carbocycles. The van der Waals surface area contributed by atoms with Crippen LogP contribution in [0.1, 0.15) is 23.7 Å². The van der Waals surface area contributed by atoms with E-state index in [1.54, 1.807) is 25.3 Å². The van der Waals surface area contributed by atoms with Crippen LogP contribution in [0.15, 0.2) is 84.2 Å². The monoisotopic (exact) mass is 372 g/mol. The molecule has 0 bridgehead atoms. The van der Waals surface area contributed by atoms with Gasteiger partial charge in [-0.15, -0.1) is 0 Å². The van der Waals surface area contributed by atoms with Crippen LogP contribution in [-0.2, 0) is 4.79 Å². The number of pyridine rings is 1. The highest BCUT2D eigenvalue weighted by molar-refractivity contribution is 6.07. The molecule has 0 saturated heterocycles. The van der Waals surface area contributed by atoms with E-state index >= 15 is 0 Å². The molecule has 0 fully saturated rings. The lowest BCUT2D eigenvalue weighted by molar-refractivity contribution is -0.115. The number of rotatable bonds is 6. The predicted octanol–water partition coefficient (Wildman–Crippen LogP) is 3.88. The zero-order chi connectivity index (χ0) is 19.8. The Morgan fingerprint density at radius 2 is 1.71 bits per heavy atom. The van der Waals surface area contributed by atoms with Crippen molar-refractivity contribution in [2.75, 3.05) is 5.32 Å². The third-order valence-electron chi connectivity index (χ3n) is 3.97. The molecule has 2 N–H and O–H groups in total. The first-order chi connectivity index (χ1) is 13.6. The second kappa shape index (κ2) is 9.23. The number of hydrazone groups is 1. The lowest BCUT2D eigenvalue weighted by atomic mass is 10.0. The van der Waals surface area contributed by atoms with Crippen molar-refractivity contribution in [2.45, 2.75) is 13.3 Å². The highest BCUT2D eigenvalue weighted by Crippen LogP contribution is 2.27. The van der Waals surface area contributed by atoms with E-state index in [0.29, 0.717) is 11.3 Å². The average Bonchev–Trinajstić information content (AvgIpc) is 2.73. The Balaban J connectivity index is 1.62. The molecule has 3 aromatic rings. The molecule has 6 nitrogen and oxygen atoms in total. The van der Waals surface area contributed by atoms with Crippen molar-refractivity contribution >= 4 is 23.2 Å². The fourth-order valence-corrected chi connectivity index (χ4v) is 2.64. The number of carbonyl (C=O) groups excluding carboxylic acids is 2. The van der Waals surface area contributed by atoms with Gasteiger partial charge >= 0.3 is 0 Å². The van der Waals surface area contributed by atoms with Gasteiger partial charge in [-0.1, -0.05) is 48.5 Å². The van der Waals surface area contributed by atoms with Crippen molar-refractivity contribution in [1.29, 1.82) is 0 Å². The number of hydrogen-bond acceptors (Lipinski definition) is 4. The van der Waals surface area contributed by atoms with Gasteiger partial charge < -0.3 is 5.32 Å². The van der Waals surface area contributed by atoms with Crippen molar-refractivity contribution in [1.82, 2.24) is 10.4 Å².